The fourth-order valence-electron chi connectivity index (χ4n) is 3.30. The van der Waals surface area contributed by atoms with Crippen molar-refractivity contribution in [3.8, 4) is 0 Å². The first-order valence-electron chi connectivity index (χ1n) is 9.75. The minimum absolute atomic E-state index is 0.382. The fraction of sp³-hybridized carbons (Fsp3) is 0.550. The molecule has 2 aromatic rings. The molecule has 1 heterocycles. The summed E-state index contributed by atoms with van der Waals surface area (Å²) in [4.78, 5) is 12.9. The SMILES string of the molecule is CC(C)(C)OC(=O)n1cc([Si](C)(O[Si](C)(C)C)O[Si](C)(C)C)c2ccccc21. The van der Waals surface area contributed by atoms with Gasteiger partial charge in [0.1, 0.15) is 5.60 Å². The van der Waals surface area contributed by atoms with Crippen LogP contribution < -0.4 is 5.19 Å². The molecule has 0 saturated carbocycles. The molecule has 0 aliphatic heterocycles. The molecule has 0 amide bonds. The second-order valence-electron chi connectivity index (χ2n) is 10.3. The normalized spacial score (nSPS) is 13.8. The van der Waals surface area contributed by atoms with E-state index in [1.165, 1.54) is 0 Å². The van der Waals surface area contributed by atoms with Crippen molar-refractivity contribution in [1.29, 1.82) is 0 Å². The Kier molecular flexibility index (Phi) is 6.24. The highest BCUT2D eigenvalue weighted by molar-refractivity contribution is 6.95. The number of nitrogens with zero attached hydrogens (tertiary/aromatic N) is 1. The maximum atomic E-state index is 12.9. The van der Waals surface area contributed by atoms with Crippen molar-refractivity contribution >= 4 is 47.4 Å². The number of aromatic nitrogens is 1. The van der Waals surface area contributed by atoms with E-state index in [0.717, 1.165) is 16.1 Å². The van der Waals surface area contributed by atoms with Gasteiger partial charge in [-0.15, -0.1) is 0 Å². The van der Waals surface area contributed by atoms with Gasteiger partial charge in [0, 0.05) is 16.8 Å². The molecule has 0 aliphatic carbocycles. The van der Waals surface area contributed by atoms with Crippen molar-refractivity contribution in [2.75, 3.05) is 0 Å². The Balaban J connectivity index is 2.67. The Bertz CT molecular complexity index is 841. The Labute approximate surface area is 172 Å². The zero-order chi connectivity index (χ0) is 21.5. The maximum absolute atomic E-state index is 12.9. The predicted octanol–water partition coefficient (Wildman–Crippen LogP) is 5.41. The van der Waals surface area contributed by atoms with Crippen LogP contribution in [0.25, 0.3) is 10.9 Å². The lowest BCUT2D eigenvalue weighted by Gasteiger charge is -2.38. The van der Waals surface area contributed by atoms with E-state index >= 15 is 0 Å². The number of fused-ring (bicyclic) bond motifs is 1. The van der Waals surface area contributed by atoms with Crippen molar-refractivity contribution in [2.24, 2.45) is 0 Å². The molecule has 0 fully saturated rings. The number of carbonyl (C=O) groups excluding carboxylic acids is 1. The molecule has 5 nitrogen and oxygen atoms in total. The molecule has 0 unspecified atom stereocenters. The smallest absolute Gasteiger partial charge is 0.418 e. The lowest BCUT2D eigenvalue weighted by Crippen LogP contribution is -2.60. The Morgan fingerprint density at radius 3 is 1.86 bits per heavy atom. The number of rotatable bonds is 5. The Hall–Kier alpha value is -1.20. The highest BCUT2D eigenvalue weighted by Gasteiger charge is 2.44. The molecule has 0 saturated heterocycles. The molecular weight excluding hydrogens is 402 g/mol. The summed E-state index contributed by atoms with van der Waals surface area (Å²) in [7, 11) is -6.52. The molecule has 2 rings (SSSR count). The number of para-hydroxylation sites is 1. The van der Waals surface area contributed by atoms with Gasteiger partial charge in [0.2, 0.25) is 0 Å². The molecule has 0 N–H and O–H groups in total. The van der Waals surface area contributed by atoms with Gasteiger partial charge >= 0.3 is 14.7 Å². The van der Waals surface area contributed by atoms with Crippen LogP contribution >= 0.6 is 0 Å². The molecule has 0 atom stereocenters. The third kappa shape index (κ3) is 5.90. The minimum Gasteiger partial charge on any atom is -0.443 e. The number of benzene rings is 1. The van der Waals surface area contributed by atoms with E-state index in [1.54, 1.807) is 4.57 Å². The first-order chi connectivity index (χ1) is 12.5. The first-order valence-corrected chi connectivity index (χ1v) is 18.9. The number of carbonyl (C=O) groups is 1. The van der Waals surface area contributed by atoms with E-state index in [9.17, 15) is 4.79 Å². The van der Waals surface area contributed by atoms with Crippen LogP contribution in [0.1, 0.15) is 20.8 Å². The molecule has 8 heteroatoms. The monoisotopic (exact) mass is 437 g/mol. The topological polar surface area (TPSA) is 49.7 Å². The molecule has 0 radical (unpaired) electrons. The quantitative estimate of drug-likeness (QED) is 0.587. The maximum Gasteiger partial charge on any atom is 0.418 e. The minimum atomic E-state index is -2.75. The van der Waals surface area contributed by atoms with E-state index in [2.05, 4.69) is 45.8 Å². The lowest BCUT2D eigenvalue weighted by molar-refractivity contribution is 0.0544. The summed E-state index contributed by atoms with van der Waals surface area (Å²) < 4.78 is 20.7. The van der Waals surface area contributed by atoms with Gasteiger partial charge in [0.15, 0.2) is 16.6 Å². The molecule has 156 valence electrons. The van der Waals surface area contributed by atoms with Crippen molar-refractivity contribution in [1.82, 2.24) is 4.57 Å². The van der Waals surface area contributed by atoms with Gasteiger partial charge in [-0.25, -0.2) is 4.79 Å². The van der Waals surface area contributed by atoms with E-state index < -0.39 is 30.8 Å². The third-order valence-corrected chi connectivity index (χ3v) is 13.2. The van der Waals surface area contributed by atoms with E-state index in [1.807, 2.05) is 51.2 Å². The van der Waals surface area contributed by atoms with Crippen LogP contribution in [0.2, 0.25) is 45.8 Å². The molecule has 0 aliphatic rings. The lowest BCUT2D eigenvalue weighted by atomic mass is 10.2. The summed E-state index contributed by atoms with van der Waals surface area (Å²) in [6.45, 7) is 20.8. The summed E-state index contributed by atoms with van der Waals surface area (Å²) in [5.74, 6) is 0. The Morgan fingerprint density at radius 1 is 0.893 bits per heavy atom. The van der Waals surface area contributed by atoms with Crippen LogP contribution in [0.5, 0.6) is 0 Å². The molecular formula is C20H35NO4Si3. The number of ether oxygens (including phenoxy) is 1. The van der Waals surface area contributed by atoms with Crippen LogP contribution in [-0.2, 0) is 13.0 Å². The summed E-state index contributed by atoms with van der Waals surface area (Å²) in [6.07, 6.45) is 1.50. The van der Waals surface area contributed by atoms with E-state index in [4.69, 9.17) is 13.0 Å². The Morgan fingerprint density at radius 2 is 1.39 bits per heavy atom. The average molecular weight is 438 g/mol. The molecule has 0 bridgehead atoms. The third-order valence-electron chi connectivity index (χ3n) is 3.79. The van der Waals surface area contributed by atoms with E-state index in [0.29, 0.717) is 0 Å². The van der Waals surface area contributed by atoms with Gasteiger partial charge in [0.25, 0.3) is 0 Å². The summed E-state index contributed by atoms with van der Waals surface area (Å²) in [5, 5.41) is 2.00. The van der Waals surface area contributed by atoms with Crippen molar-refractivity contribution in [3.63, 3.8) is 0 Å². The predicted molar refractivity (Wildman–Crippen MR) is 124 cm³/mol. The second-order valence-corrected chi connectivity index (χ2v) is 22.8. The van der Waals surface area contributed by atoms with Gasteiger partial charge in [0.05, 0.1) is 5.52 Å². The summed E-state index contributed by atoms with van der Waals surface area (Å²) in [6, 6.07) is 7.91. The van der Waals surface area contributed by atoms with Crippen LogP contribution in [-0.4, -0.2) is 41.5 Å². The second kappa shape index (κ2) is 7.57. The number of hydrogen-bond donors (Lipinski definition) is 0. The van der Waals surface area contributed by atoms with Gasteiger partial charge in [-0.2, -0.15) is 0 Å². The van der Waals surface area contributed by atoms with Gasteiger partial charge in [-0.3, -0.25) is 4.57 Å². The van der Waals surface area contributed by atoms with Crippen molar-refractivity contribution < 1.29 is 17.8 Å². The van der Waals surface area contributed by atoms with Crippen LogP contribution in [0.15, 0.2) is 30.5 Å². The van der Waals surface area contributed by atoms with Crippen LogP contribution in [0.4, 0.5) is 4.79 Å². The van der Waals surface area contributed by atoms with Crippen LogP contribution in [0.3, 0.4) is 0 Å². The molecule has 1 aromatic heterocycles. The highest BCUT2D eigenvalue weighted by atomic mass is 28.5. The van der Waals surface area contributed by atoms with Gasteiger partial charge < -0.3 is 13.0 Å². The van der Waals surface area contributed by atoms with E-state index in [-0.39, 0.29) is 6.09 Å². The zero-order valence-electron chi connectivity index (χ0n) is 19.0. The van der Waals surface area contributed by atoms with Crippen LogP contribution in [0, 0.1) is 0 Å². The standard InChI is InChI=1S/C20H35NO4Si3/c1-20(2,3)23-19(22)21-15-18(16-13-11-12-14-17(16)21)28(10,24-26(4,5)6)25-27(7,8)9/h11-15H,1-10H3. The molecule has 1 aromatic carbocycles. The van der Waals surface area contributed by atoms with Crippen molar-refractivity contribution in [2.45, 2.75) is 72.2 Å². The molecule has 0 spiro atoms. The zero-order valence-corrected chi connectivity index (χ0v) is 22.0. The number of hydrogen-bond acceptors (Lipinski definition) is 4. The molecule has 28 heavy (non-hydrogen) atoms. The summed E-state index contributed by atoms with van der Waals surface area (Å²) in [5.41, 5.74) is 0.260. The van der Waals surface area contributed by atoms with Gasteiger partial charge in [-0.1, -0.05) is 18.2 Å². The average Bonchev–Trinajstić information content (AvgIpc) is 2.81. The van der Waals surface area contributed by atoms with Crippen molar-refractivity contribution in [3.05, 3.63) is 30.5 Å². The largest absolute Gasteiger partial charge is 0.443 e. The highest BCUT2D eigenvalue weighted by Crippen LogP contribution is 2.26. The fourth-order valence-corrected chi connectivity index (χ4v) is 15.1. The van der Waals surface area contributed by atoms with Gasteiger partial charge in [-0.05, 0) is 72.7 Å². The summed E-state index contributed by atoms with van der Waals surface area (Å²) >= 11 is 0. The first kappa shape index (κ1) is 23.1.